The Morgan fingerprint density at radius 1 is 1.24 bits per heavy atom. The smallest absolute Gasteiger partial charge is 0.0513 e. The molecule has 1 fully saturated rings. The quantitative estimate of drug-likeness (QED) is 0.809. The second-order valence-electron chi connectivity index (χ2n) is 4.98. The van der Waals surface area contributed by atoms with Crippen LogP contribution in [0, 0.1) is 0 Å². The summed E-state index contributed by atoms with van der Waals surface area (Å²) in [5.74, 6) is 0. The average Bonchev–Trinajstić information content (AvgIpc) is 2.25. The van der Waals surface area contributed by atoms with Gasteiger partial charge in [0.25, 0.3) is 0 Å². The largest absolute Gasteiger partial charge is 0.399 e. The summed E-state index contributed by atoms with van der Waals surface area (Å²) in [6.45, 7) is 6.66. The van der Waals surface area contributed by atoms with Gasteiger partial charge in [0.15, 0.2) is 0 Å². The lowest BCUT2D eigenvalue weighted by Crippen LogP contribution is -2.55. The number of benzene rings is 1. The summed E-state index contributed by atoms with van der Waals surface area (Å²) in [6, 6.07) is 7.19. The Morgan fingerprint density at radius 2 is 1.82 bits per heavy atom. The number of nitrogen functional groups attached to an aromatic ring is 1. The zero-order chi connectivity index (χ0) is 12.6. The lowest BCUT2D eigenvalue weighted by Gasteiger charge is -2.43. The highest BCUT2D eigenvalue weighted by molar-refractivity contribution is 9.10. The fourth-order valence-corrected chi connectivity index (χ4v) is 3.03. The number of rotatable bonds is 1. The first kappa shape index (κ1) is 12.7. The molecule has 94 valence electrons. The molecule has 2 rings (SSSR count). The minimum absolute atomic E-state index is 0.572. The van der Waals surface area contributed by atoms with E-state index in [1.807, 2.05) is 12.1 Å². The molecule has 4 heteroatoms. The lowest BCUT2D eigenvalue weighted by molar-refractivity contribution is 0.170. The first-order valence-electron chi connectivity index (χ1n) is 6.01. The number of halogens is 1. The Balaban J connectivity index is 2.23. The normalized spacial score (nSPS) is 26.2. The van der Waals surface area contributed by atoms with Crippen LogP contribution in [0.5, 0.6) is 0 Å². The molecular weight excluding hydrogens is 278 g/mol. The van der Waals surface area contributed by atoms with Gasteiger partial charge in [-0.15, -0.1) is 0 Å². The summed E-state index contributed by atoms with van der Waals surface area (Å²) in [7, 11) is 2.20. The third-order valence-electron chi connectivity index (χ3n) is 3.67. The Labute approximate surface area is 112 Å². The van der Waals surface area contributed by atoms with Crippen LogP contribution in [0.2, 0.25) is 0 Å². The number of anilines is 2. The van der Waals surface area contributed by atoms with E-state index >= 15 is 0 Å². The molecule has 0 aliphatic carbocycles. The molecule has 0 saturated carbocycles. The summed E-state index contributed by atoms with van der Waals surface area (Å²) in [5.41, 5.74) is 7.82. The SMILES string of the molecule is C[C@@H]1CN(c2ccc(N)cc2Br)C[C@H](C)N1C. The van der Waals surface area contributed by atoms with Gasteiger partial charge in [0, 0.05) is 35.3 Å². The molecule has 1 saturated heterocycles. The molecule has 1 aromatic rings. The summed E-state index contributed by atoms with van der Waals surface area (Å²) in [6.07, 6.45) is 0. The van der Waals surface area contributed by atoms with E-state index in [9.17, 15) is 0 Å². The molecule has 2 N–H and O–H groups in total. The highest BCUT2D eigenvalue weighted by Gasteiger charge is 2.27. The van der Waals surface area contributed by atoms with E-state index in [2.05, 4.69) is 52.7 Å². The fourth-order valence-electron chi connectivity index (χ4n) is 2.38. The van der Waals surface area contributed by atoms with Gasteiger partial charge in [-0.25, -0.2) is 0 Å². The third kappa shape index (κ3) is 2.58. The maximum atomic E-state index is 5.78. The highest BCUT2D eigenvalue weighted by Crippen LogP contribution is 2.30. The summed E-state index contributed by atoms with van der Waals surface area (Å²) < 4.78 is 1.08. The van der Waals surface area contributed by atoms with Gasteiger partial charge >= 0.3 is 0 Å². The Bertz CT molecular complexity index is 396. The molecule has 0 radical (unpaired) electrons. The Kier molecular flexibility index (Phi) is 3.64. The number of nitrogens with zero attached hydrogens (tertiary/aromatic N) is 2. The molecule has 2 atom stereocenters. The first-order chi connectivity index (χ1) is 7.99. The van der Waals surface area contributed by atoms with Gasteiger partial charge in [-0.1, -0.05) is 0 Å². The minimum atomic E-state index is 0.572. The maximum absolute atomic E-state index is 5.78. The van der Waals surface area contributed by atoms with Crippen LogP contribution in [0.15, 0.2) is 22.7 Å². The van der Waals surface area contributed by atoms with E-state index in [1.165, 1.54) is 5.69 Å². The van der Waals surface area contributed by atoms with Crippen molar-refractivity contribution in [1.29, 1.82) is 0 Å². The number of hydrogen-bond acceptors (Lipinski definition) is 3. The zero-order valence-corrected chi connectivity index (χ0v) is 12.2. The molecular formula is C13H20BrN3. The monoisotopic (exact) mass is 297 g/mol. The van der Waals surface area contributed by atoms with Crippen LogP contribution in [0.1, 0.15) is 13.8 Å². The van der Waals surface area contributed by atoms with E-state index in [0.717, 1.165) is 23.2 Å². The number of hydrogen-bond donors (Lipinski definition) is 1. The van der Waals surface area contributed by atoms with Gasteiger partial charge in [0.1, 0.15) is 0 Å². The second-order valence-corrected chi connectivity index (χ2v) is 5.83. The number of nitrogens with two attached hydrogens (primary N) is 1. The van der Waals surface area contributed by atoms with Gasteiger partial charge in [-0.05, 0) is 55.0 Å². The van der Waals surface area contributed by atoms with Crippen LogP contribution in [-0.2, 0) is 0 Å². The van der Waals surface area contributed by atoms with Gasteiger partial charge in [0.05, 0.1) is 5.69 Å². The molecule has 1 aromatic carbocycles. The van der Waals surface area contributed by atoms with E-state index < -0.39 is 0 Å². The predicted octanol–water partition coefficient (Wildman–Crippen LogP) is 2.56. The fraction of sp³-hybridized carbons (Fsp3) is 0.538. The van der Waals surface area contributed by atoms with Crippen LogP contribution in [-0.4, -0.2) is 37.1 Å². The van der Waals surface area contributed by atoms with Crippen molar-refractivity contribution in [3.8, 4) is 0 Å². The summed E-state index contributed by atoms with van der Waals surface area (Å²) in [5, 5.41) is 0. The van der Waals surface area contributed by atoms with Crippen molar-refractivity contribution >= 4 is 27.3 Å². The van der Waals surface area contributed by atoms with Crippen LogP contribution in [0.25, 0.3) is 0 Å². The Hall–Kier alpha value is -0.740. The molecule has 0 bridgehead atoms. The first-order valence-corrected chi connectivity index (χ1v) is 6.80. The van der Waals surface area contributed by atoms with E-state index in [4.69, 9.17) is 5.73 Å². The van der Waals surface area contributed by atoms with Gasteiger partial charge in [0.2, 0.25) is 0 Å². The van der Waals surface area contributed by atoms with Gasteiger partial charge in [-0.3, -0.25) is 4.90 Å². The molecule has 1 aliphatic rings. The third-order valence-corrected chi connectivity index (χ3v) is 4.31. The predicted molar refractivity (Wildman–Crippen MR) is 77.5 cm³/mol. The average molecular weight is 298 g/mol. The van der Waals surface area contributed by atoms with E-state index in [-0.39, 0.29) is 0 Å². The van der Waals surface area contributed by atoms with Crippen molar-refractivity contribution in [3.63, 3.8) is 0 Å². The topological polar surface area (TPSA) is 32.5 Å². The molecule has 1 aliphatic heterocycles. The maximum Gasteiger partial charge on any atom is 0.0513 e. The van der Waals surface area contributed by atoms with Crippen molar-refractivity contribution in [1.82, 2.24) is 4.90 Å². The zero-order valence-electron chi connectivity index (χ0n) is 10.7. The van der Waals surface area contributed by atoms with Crippen LogP contribution >= 0.6 is 15.9 Å². The molecule has 0 unspecified atom stereocenters. The van der Waals surface area contributed by atoms with Crippen molar-refractivity contribution < 1.29 is 0 Å². The lowest BCUT2D eigenvalue weighted by atomic mass is 10.1. The molecule has 3 nitrogen and oxygen atoms in total. The van der Waals surface area contributed by atoms with Crippen molar-refractivity contribution in [2.75, 3.05) is 30.8 Å². The van der Waals surface area contributed by atoms with E-state index in [1.54, 1.807) is 0 Å². The molecule has 17 heavy (non-hydrogen) atoms. The molecule has 0 aromatic heterocycles. The Morgan fingerprint density at radius 3 is 2.35 bits per heavy atom. The highest BCUT2D eigenvalue weighted by atomic mass is 79.9. The molecule has 1 heterocycles. The summed E-state index contributed by atoms with van der Waals surface area (Å²) >= 11 is 3.60. The number of piperazine rings is 1. The summed E-state index contributed by atoms with van der Waals surface area (Å²) in [4.78, 5) is 4.86. The van der Waals surface area contributed by atoms with Crippen molar-refractivity contribution in [3.05, 3.63) is 22.7 Å². The van der Waals surface area contributed by atoms with Crippen molar-refractivity contribution in [2.45, 2.75) is 25.9 Å². The number of likely N-dealkylation sites (N-methyl/N-ethyl adjacent to an activating group) is 1. The van der Waals surface area contributed by atoms with Crippen molar-refractivity contribution in [2.24, 2.45) is 0 Å². The van der Waals surface area contributed by atoms with Gasteiger partial charge in [-0.2, -0.15) is 0 Å². The van der Waals surface area contributed by atoms with Gasteiger partial charge < -0.3 is 10.6 Å². The standard InChI is InChI=1S/C13H20BrN3/c1-9-7-17(8-10(2)16(9)3)13-5-4-11(15)6-12(13)14/h4-6,9-10H,7-8,15H2,1-3H3/t9-,10+. The van der Waals surface area contributed by atoms with Crippen LogP contribution in [0.4, 0.5) is 11.4 Å². The van der Waals surface area contributed by atoms with Crippen LogP contribution in [0.3, 0.4) is 0 Å². The minimum Gasteiger partial charge on any atom is -0.399 e. The molecule has 0 spiro atoms. The molecule has 0 amide bonds. The van der Waals surface area contributed by atoms with E-state index in [0.29, 0.717) is 12.1 Å². The second kappa shape index (κ2) is 4.86. The van der Waals surface area contributed by atoms with Crippen LogP contribution < -0.4 is 10.6 Å².